The van der Waals surface area contributed by atoms with Gasteiger partial charge >= 0.3 is 0 Å². The van der Waals surface area contributed by atoms with Crippen molar-refractivity contribution in [2.24, 2.45) is 0 Å². The summed E-state index contributed by atoms with van der Waals surface area (Å²) < 4.78 is 0. The van der Waals surface area contributed by atoms with Crippen LogP contribution in [0.1, 0.15) is 6.42 Å². The van der Waals surface area contributed by atoms with Crippen molar-refractivity contribution in [1.29, 1.82) is 0 Å². The molecule has 1 N–H and O–H groups in total. The van der Waals surface area contributed by atoms with E-state index >= 15 is 0 Å². The van der Waals surface area contributed by atoms with Crippen LogP contribution in [0, 0.1) is 0 Å². The van der Waals surface area contributed by atoms with Gasteiger partial charge in [-0.05, 0) is 30.7 Å². The normalized spacial score (nSPS) is 10.1. The van der Waals surface area contributed by atoms with Crippen molar-refractivity contribution in [3.63, 3.8) is 0 Å². The number of rotatable bonds is 6. The standard InChI is InChI=1S/C14H16N2S/c1-2-7-13(8-3-1)15-11-6-12-17-14-9-4-5-10-16-14/h1-5,7-10,15H,6,11-12H2. The fraction of sp³-hybridized carbons (Fsp3) is 0.214. The summed E-state index contributed by atoms with van der Waals surface area (Å²) in [5.74, 6) is 1.09. The molecule has 0 aliphatic heterocycles. The largest absolute Gasteiger partial charge is 0.385 e. The Morgan fingerprint density at radius 1 is 1.00 bits per heavy atom. The number of pyridine rings is 1. The van der Waals surface area contributed by atoms with Crippen LogP contribution in [0.25, 0.3) is 0 Å². The highest BCUT2D eigenvalue weighted by atomic mass is 32.2. The number of para-hydroxylation sites is 1. The molecule has 0 saturated heterocycles. The minimum atomic E-state index is 1.00. The maximum absolute atomic E-state index is 4.28. The highest BCUT2D eigenvalue weighted by Gasteiger charge is 1.94. The van der Waals surface area contributed by atoms with Gasteiger partial charge < -0.3 is 5.32 Å². The van der Waals surface area contributed by atoms with Crippen LogP contribution in [-0.4, -0.2) is 17.3 Å². The van der Waals surface area contributed by atoms with Gasteiger partial charge in [-0.1, -0.05) is 24.3 Å². The molecule has 0 atom stereocenters. The van der Waals surface area contributed by atoms with Crippen LogP contribution in [-0.2, 0) is 0 Å². The van der Waals surface area contributed by atoms with Crippen molar-refractivity contribution in [2.75, 3.05) is 17.6 Å². The van der Waals surface area contributed by atoms with Gasteiger partial charge in [0.15, 0.2) is 0 Å². The third-order valence-corrected chi connectivity index (χ3v) is 3.34. The molecule has 0 unspecified atom stereocenters. The van der Waals surface area contributed by atoms with Gasteiger partial charge in [-0.2, -0.15) is 0 Å². The van der Waals surface area contributed by atoms with E-state index in [1.807, 2.05) is 36.5 Å². The van der Waals surface area contributed by atoms with Crippen LogP contribution < -0.4 is 5.32 Å². The summed E-state index contributed by atoms with van der Waals surface area (Å²) in [6.45, 7) is 1.00. The number of nitrogens with zero attached hydrogens (tertiary/aromatic N) is 1. The number of hydrogen-bond acceptors (Lipinski definition) is 3. The zero-order valence-electron chi connectivity index (χ0n) is 9.67. The molecule has 0 spiro atoms. The molecule has 0 aliphatic rings. The van der Waals surface area contributed by atoms with Gasteiger partial charge in [0.05, 0.1) is 5.03 Å². The average Bonchev–Trinajstić information content (AvgIpc) is 2.41. The van der Waals surface area contributed by atoms with Gasteiger partial charge in [0, 0.05) is 24.2 Å². The molecule has 2 nitrogen and oxygen atoms in total. The second-order valence-electron chi connectivity index (χ2n) is 3.66. The molecule has 0 saturated carbocycles. The highest BCUT2D eigenvalue weighted by molar-refractivity contribution is 7.99. The predicted molar refractivity (Wildman–Crippen MR) is 74.5 cm³/mol. The first-order valence-electron chi connectivity index (χ1n) is 5.78. The molecule has 2 rings (SSSR count). The predicted octanol–water partition coefficient (Wildman–Crippen LogP) is 3.68. The Balaban J connectivity index is 1.61. The van der Waals surface area contributed by atoms with Gasteiger partial charge in [-0.3, -0.25) is 0 Å². The highest BCUT2D eigenvalue weighted by Crippen LogP contribution is 2.15. The summed E-state index contributed by atoms with van der Waals surface area (Å²) in [5, 5.41) is 4.50. The van der Waals surface area contributed by atoms with Crippen molar-refractivity contribution in [3.8, 4) is 0 Å². The quantitative estimate of drug-likeness (QED) is 0.620. The molecular formula is C14H16N2S. The monoisotopic (exact) mass is 244 g/mol. The summed E-state index contributed by atoms with van der Waals surface area (Å²) in [5.41, 5.74) is 1.19. The molecule has 1 aromatic heterocycles. The Morgan fingerprint density at radius 2 is 1.82 bits per heavy atom. The minimum absolute atomic E-state index is 1.00. The topological polar surface area (TPSA) is 24.9 Å². The number of nitrogens with one attached hydrogen (secondary N) is 1. The molecule has 3 heteroatoms. The van der Waals surface area contributed by atoms with Crippen LogP contribution in [0.15, 0.2) is 59.8 Å². The van der Waals surface area contributed by atoms with Crippen LogP contribution in [0.4, 0.5) is 5.69 Å². The fourth-order valence-electron chi connectivity index (χ4n) is 1.47. The van der Waals surface area contributed by atoms with E-state index in [4.69, 9.17) is 0 Å². The van der Waals surface area contributed by atoms with E-state index in [-0.39, 0.29) is 0 Å². The van der Waals surface area contributed by atoms with Gasteiger partial charge in [-0.25, -0.2) is 4.98 Å². The molecule has 0 fully saturated rings. The Hall–Kier alpha value is -1.48. The van der Waals surface area contributed by atoms with Crippen LogP contribution in [0.5, 0.6) is 0 Å². The number of aromatic nitrogens is 1. The van der Waals surface area contributed by atoms with E-state index in [1.54, 1.807) is 11.8 Å². The Kier molecular flexibility index (Phi) is 4.91. The van der Waals surface area contributed by atoms with Crippen molar-refractivity contribution < 1.29 is 0 Å². The summed E-state index contributed by atoms with van der Waals surface area (Å²) in [6, 6.07) is 16.3. The SMILES string of the molecule is c1ccc(NCCCSc2ccccn2)cc1. The smallest absolute Gasteiger partial charge is 0.0959 e. The molecule has 1 heterocycles. The van der Waals surface area contributed by atoms with E-state index in [9.17, 15) is 0 Å². The van der Waals surface area contributed by atoms with Crippen LogP contribution in [0.2, 0.25) is 0 Å². The molecule has 0 radical (unpaired) electrons. The van der Waals surface area contributed by atoms with Crippen molar-refractivity contribution >= 4 is 17.4 Å². The second-order valence-corrected chi connectivity index (χ2v) is 4.78. The van der Waals surface area contributed by atoms with Gasteiger partial charge in [0.25, 0.3) is 0 Å². The molecule has 0 amide bonds. The Labute approximate surface area is 106 Å². The van der Waals surface area contributed by atoms with E-state index in [0.717, 1.165) is 23.7 Å². The minimum Gasteiger partial charge on any atom is -0.385 e. The molecular weight excluding hydrogens is 228 g/mol. The third kappa shape index (κ3) is 4.49. The van der Waals surface area contributed by atoms with E-state index < -0.39 is 0 Å². The second kappa shape index (κ2) is 6.97. The Bertz CT molecular complexity index is 375. The first-order valence-corrected chi connectivity index (χ1v) is 6.76. The van der Waals surface area contributed by atoms with Crippen molar-refractivity contribution in [2.45, 2.75) is 11.4 Å². The van der Waals surface area contributed by atoms with Gasteiger partial charge in [0.1, 0.15) is 0 Å². The van der Waals surface area contributed by atoms with Crippen LogP contribution >= 0.6 is 11.8 Å². The van der Waals surface area contributed by atoms with Crippen molar-refractivity contribution in [1.82, 2.24) is 4.98 Å². The molecule has 88 valence electrons. The maximum Gasteiger partial charge on any atom is 0.0959 e. The molecule has 1 aromatic carbocycles. The number of benzene rings is 1. The maximum atomic E-state index is 4.28. The zero-order chi connectivity index (χ0) is 11.8. The fourth-order valence-corrected chi connectivity index (χ4v) is 2.28. The first-order chi connectivity index (χ1) is 8.45. The summed E-state index contributed by atoms with van der Waals surface area (Å²) in [4.78, 5) is 4.28. The molecule has 0 aliphatic carbocycles. The van der Waals surface area contributed by atoms with Gasteiger partial charge in [-0.15, -0.1) is 11.8 Å². The van der Waals surface area contributed by atoms with E-state index in [1.165, 1.54) is 5.69 Å². The van der Waals surface area contributed by atoms with E-state index in [0.29, 0.717) is 0 Å². The summed E-state index contributed by atoms with van der Waals surface area (Å²) >= 11 is 1.80. The number of thioether (sulfide) groups is 1. The molecule has 2 aromatic rings. The lowest BCUT2D eigenvalue weighted by Gasteiger charge is -2.05. The molecule has 0 bridgehead atoms. The molecule has 17 heavy (non-hydrogen) atoms. The summed E-state index contributed by atoms with van der Waals surface area (Å²) in [7, 11) is 0. The number of anilines is 1. The van der Waals surface area contributed by atoms with Crippen LogP contribution in [0.3, 0.4) is 0 Å². The summed E-state index contributed by atoms with van der Waals surface area (Å²) in [6.07, 6.45) is 2.97. The lowest BCUT2D eigenvalue weighted by atomic mass is 10.3. The number of hydrogen-bond donors (Lipinski definition) is 1. The lowest BCUT2D eigenvalue weighted by molar-refractivity contribution is 0.987. The zero-order valence-corrected chi connectivity index (χ0v) is 10.5. The Morgan fingerprint density at radius 3 is 2.59 bits per heavy atom. The van der Waals surface area contributed by atoms with E-state index in [2.05, 4.69) is 28.5 Å². The average molecular weight is 244 g/mol. The first kappa shape index (κ1) is 12.0. The van der Waals surface area contributed by atoms with Gasteiger partial charge in [0.2, 0.25) is 0 Å². The van der Waals surface area contributed by atoms with Crippen molar-refractivity contribution in [3.05, 3.63) is 54.7 Å². The lowest BCUT2D eigenvalue weighted by Crippen LogP contribution is -2.02. The third-order valence-electron chi connectivity index (χ3n) is 2.31.